The number of guanidine groups is 1. The zero-order valence-corrected chi connectivity index (χ0v) is 16.5. The Kier molecular flexibility index (Phi) is 10.2. The maximum Gasteiger partial charge on any atom is 0.188 e. The summed E-state index contributed by atoms with van der Waals surface area (Å²) in [6.45, 7) is 5.68. The van der Waals surface area contributed by atoms with E-state index in [2.05, 4.69) is 35.1 Å². The predicted molar refractivity (Wildman–Crippen MR) is 104 cm³/mol. The molecule has 6 heteroatoms. The van der Waals surface area contributed by atoms with Gasteiger partial charge in [0.05, 0.1) is 13.2 Å². The minimum atomic E-state index is 0. The summed E-state index contributed by atoms with van der Waals surface area (Å²) in [6.07, 6.45) is 0. The molecule has 0 aliphatic heterocycles. The lowest BCUT2D eigenvalue weighted by Gasteiger charge is -2.25. The molecule has 0 aromatic heterocycles. The van der Waals surface area contributed by atoms with Gasteiger partial charge in [-0.2, -0.15) is 0 Å². The van der Waals surface area contributed by atoms with Gasteiger partial charge in [-0.1, -0.05) is 26.0 Å². The minimum absolute atomic E-state index is 0. The molecule has 22 heavy (non-hydrogen) atoms. The number of hydrogen-bond acceptors (Lipinski definition) is 3. The topological polar surface area (TPSA) is 62.9 Å². The van der Waals surface area contributed by atoms with Crippen molar-refractivity contribution >= 4 is 29.9 Å². The van der Waals surface area contributed by atoms with Crippen molar-refractivity contribution in [2.45, 2.75) is 19.9 Å². The summed E-state index contributed by atoms with van der Waals surface area (Å²) < 4.78 is 5.29. The van der Waals surface area contributed by atoms with E-state index in [0.29, 0.717) is 18.4 Å². The Morgan fingerprint density at radius 3 is 2.59 bits per heavy atom. The van der Waals surface area contributed by atoms with Gasteiger partial charge >= 0.3 is 0 Å². The monoisotopic (exact) mass is 420 g/mol. The molecule has 1 unspecified atom stereocenters. The van der Waals surface area contributed by atoms with E-state index in [1.807, 2.05) is 32.3 Å². The number of likely N-dealkylation sites (N-methyl/N-ethyl adjacent to an activating group) is 1. The molecule has 0 aliphatic rings. The molecule has 0 bridgehead atoms. The summed E-state index contributed by atoms with van der Waals surface area (Å²) in [5, 5.41) is 3.20. The summed E-state index contributed by atoms with van der Waals surface area (Å²) >= 11 is 0. The first kappa shape index (κ1) is 21.0. The van der Waals surface area contributed by atoms with Crippen molar-refractivity contribution in [3.8, 4) is 5.75 Å². The van der Waals surface area contributed by atoms with E-state index in [0.717, 1.165) is 12.3 Å². The van der Waals surface area contributed by atoms with Crippen LogP contribution in [0, 0.1) is 5.92 Å². The van der Waals surface area contributed by atoms with Crippen LogP contribution in [-0.4, -0.2) is 45.2 Å². The first-order chi connectivity index (χ1) is 9.93. The van der Waals surface area contributed by atoms with Crippen LogP contribution in [0.3, 0.4) is 0 Å². The number of halogens is 1. The highest BCUT2D eigenvalue weighted by Gasteiger charge is 2.14. The molecular formula is C16H29IN4O. The van der Waals surface area contributed by atoms with Gasteiger partial charge in [0, 0.05) is 13.1 Å². The fourth-order valence-electron chi connectivity index (χ4n) is 1.99. The average Bonchev–Trinajstić information content (AvgIpc) is 2.45. The number of rotatable bonds is 7. The normalized spacial score (nSPS) is 13.0. The molecule has 126 valence electrons. The Labute approximate surface area is 151 Å². The highest BCUT2D eigenvalue weighted by molar-refractivity contribution is 14.0. The fourth-order valence-corrected chi connectivity index (χ4v) is 1.99. The van der Waals surface area contributed by atoms with Gasteiger partial charge in [0.1, 0.15) is 5.75 Å². The zero-order chi connectivity index (χ0) is 15.8. The highest BCUT2D eigenvalue weighted by Crippen LogP contribution is 2.21. The van der Waals surface area contributed by atoms with Crippen molar-refractivity contribution in [2.75, 3.05) is 34.3 Å². The van der Waals surface area contributed by atoms with Gasteiger partial charge < -0.3 is 20.7 Å². The van der Waals surface area contributed by atoms with E-state index in [4.69, 9.17) is 10.5 Å². The summed E-state index contributed by atoms with van der Waals surface area (Å²) in [5.74, 6) is 1.87. The number of ether oxygens (including phenoxy) is 1. The van der Waals surface area contributed by atoms with Gasteiger partial charge in [-0.25, -0.2) is 0 Å². The summed E-state index contributed by atoms with van der Waals surface area (Å²) in [5.41, 5.74) is 7.08. The third-order valence-electron chi connectivity index (χ3n) is 3.21. The first-order valence-corrected chi connectivity index (χ1v) is 7.28. The lowest BCUT2D eigenvalue weighted by molar-refractivity contribution is 0.297. The standard InChI is InChI=1S/C16H28N4O.HI/c1-12(2)10-18-16(17)19-11-15(20(3)4)13-7-6-8-14(9-13)21-5;/h6-9,12,15H,10-11H2,1-5H3,(H3,17,18,19);1H. The van der Waals surface area contributed by atoms with Crippen LogP contribution in [0.2, 0.25) is 0 Å². The van der Waals surface area contributed by atoms with Gasteiger partial charge in [0.25, 0.3) is 0 Å². The van der Waals surface area contributed by atoms with Crippen LogP contribution in [0.1, 0.15) is 25.5 Å². The van der Waals surface area contributed by atoms with Gasteiger partial charge in [-0.05, 0) is 37.7 Å². The smallest absolute Gasteiger partial charge is 0.188 e. The van der Waals surface area contributed by atoms with Crippen LogP contribution >= 0.6 is 24.0 Å². The SMILES string of the molecule is COc1cccc(C(CNC(N)=NCC(C)C)N(C)C)c1.I. The Hall–Kier alpha value is -1.02. The van der Waals surface area contributed by atoms with Gasteiger partial charge in [-0.15, -0.1) is 24.0 Å². The second kappa shape index (κ2) is 10.7. The van der Waals surface area contributed by atoms with Crippen LogP contribution in [0.5, 0.6) is 5.75 Å². The molecule has 0 amide bonds. The van der Waals surface area contributed by atoms with Gasteiger partial charge in [0.15, 0.2) is 5.96 Å². The van der Waals surface area contributed by atoms with E-state index in [-0.39, 0.29) is 30.0 Å². The first-order valence-electron chi connectivity index (χ1n) is 7.28. The van der Waals surface area contributed by atoms with Crippen LogP contribution in [-0.2, 0) is 0 Å². The number of methoxy groups -OCH3 is 1. The van der Waals surface area contributed by atoms with Crippen molar-refractivity contribution in [3.63, 3.8) is 0 Å². The lowest BCUT2D eigenvalue weighted by atomic mass is 10.1. The van der Waals surface area contributed by atoms with Gasteiger partial charge in [0.2, 0.25) is 0 Å². The zero-order valence-electron chi connectivity index (χ0n) is 14.2. The van der Waals surface area contributed by atoms with Crippen molar-refractivity contribution in [1.29, 1.82) is 0 Å². The van der Waals surface area contributed by atoms with Crippen molar-refractivity contribution < 1.29 is 4.74 Å². The number of benzene rings is 1. The van der Waals surface area contributed by atoms with E-state index in [1.165, 1.54) is 5.56 Å². The van der Waals surface area contributed by atoms with Crippen LogP contribution in [0.25, 0.3) is 0 Å². The molecule has 1 aromatic carbocycles. The molecule has 0 heterocycles. The lowest BCUT2D eigenvalue weighted by Crippen LogP contribution is -2.38. The third-order valence-corrected chi connectivity index (χ3v) is 3.21. The molecule has 0 saturated heterocycles. The largest absolute Gasteiger partial charge is 0.497 e. The molecule has 0 aliphatic carbocycles. The number of aliphatic imine (C=N–C) groups is 1. The van der Waals surface area contributed by atoms with E-state index < -0.39 is 0 Å². The Morgan fingerprint density at radius 1 is 1.36 bits per heavy atom. The molecule has 3 N–H and O–H groups in total. The second-order valence-corrected chi connectivity index (χ2v) is 5.76. The molecule has 5 nitrogen and oxygen atoms in total. The minimum Gasteiger partial charge on any atom is -0.497 e. The quantitative estimate of drug-likeness (QED) is 0.404. The molecule has 1 rings (SSSR count). The maximum atomic E-state index is 5.90. The molecule has 0 radical (unpaired) electrons. The Bertz CT molecular complexity index is 463. The van der Waals surface area contributed by atoms with Gasteiger partial charge in [-0.3, -0.25) is 4.99 Å². The van der Waals surface area contributed by atoms with Crippen molar-refractivity contribution in [1.82, 2.24) is 10.2 Å². The van der Waals surface area contributed by atoms with Crippen LogP contribution < -0.4 is 15.8 Å². The molecule has 1 aromatic rings. The molecule has 0 spiro atoms. The summed E-state index contributed by atoms with van der Waals surface area (Å²) in [4.78, 5) is 6.47. The van der Waals surface area contributed by atoms with Crippen LogP contribution in [0.15, 0.2) is 29.3 Å². The number of nitrogens with one attached hydrogen (secondary N) is 1. The maximum absolute atomic E-state index is 5.90. The van der Waals surface area contributed by atoms with Crippen LogP contribution in [0.4, 0.5) is 0 Å². The third kappa shape index (κ3) is 7.31. The Balaban J connectivity index is 0.00000441. The molecule has 1 atom stereocenters. The Morgan fingerprint density at radius 2 is 2.05 bits per heavy atom. The average molecular weight is 420 g/mol. The molecule has 0 fully saturated rings. The predicted octanol–water partition coefficient (Wildman–Crippen LogP) is 2.48. The van der Waals surface area contributed by atoms with Crippen molar-refractivity contribution in [2.24, 2.45) is 16.6 Å². The molecular weight excluding hydrogens is 391 g/mol. The summed E-state index contributed by atoms with van der Waals surface area (Å²) in [7, 11) is 5.78. The second-order valence-electron chi connectivity index (χ2n) is 5.76. The number of nitrogens with two attached hydrogens (primary N) is 1. The number of hydrogen-bond donors (Lipinski definition) is 2. The highest BCUT2D eigenvalue weighted by atomic mass is 127. The van der Waals surface area contributed by atoms with Crippen molar-refractivity contribution in [3.05, 3.63) is 29.8 Å². The molecule has 0 saturated carbocycles. The number of nitrogens with zero attached hydrogens (tertiary/aromatic N) is 2. The fraction of sp³-hybridized carbons (Fsp3) is 0.562. The van der Waals surface area contributed by atoms with E-state index in [9.17, 15) is 0 Å². The van der Waals surface area contributed by atoms with E-state index >= 15 is 0 Å². The summed E-state index contributed by atoms with van der Waals surface area (Å²) in [6, 6.07) is 8.29. The van der Waals surface area contributed by atoms with E-state index in [1.54, 1.807) is 7.11 Å².